The molecule has 1 saturated heterocycles. The summed E-state index contributed by atoms with van der Waals surface area (Å²) in [5.74, 6) is -0.142. The van der Waals surface area contributed by atoms with Gasteiger partial charge in [0.05, 0.1) is 17.5 Å². The van der Waals surface area contributed by atoms with Crippen molar-refractivity contribution in [1.82, 2.24) is 15.2 Å². The smallest absolute Gasteiger partial charge is 0.270 e. The van der Waals surface area contributed by atoms with Crippen LogP contribution >= 0.6 is 22.9 Å². The van der Waals surface area contributed by atoms with Crippen LogP contribution in [0.1, 0.15) is 21.8 Å². The van der Waals surface area contributed by atoms with Gasteiger partial charge in [0.25, 0.3) is 5.91 Å². The van der Waals surface area contributed by atoms with Crippen LogP contribution in [0.5, 0.6) is 0 Å². The number of rotatable bonds is 5. The summed E-state index contributed by atoms with van der Waals surface area (Å²) >= 11 is 7.43. The molecular weight excluding hydrogens is 362 g/mol. The molecule has 2 amide bonds. The lowest BCUT2D eigenvalue weighted by molar-refractivity contribution is -0.121. The van der Waals surface area contributed by atoms with E-state index in [1.165, 1.54) is 0 Å². The second-order valence-corrected chi connectivity index (χ2v) is 7.36. The summed E-state index contributed by atoms with van der Waals surface area (Å²) in [4.78, 5) is 30.2. The Hall–Kier alpha value is -1.83. The quantitative estimate of drug-likeness (QED) is 0.834. The number of halogens is 1. The molecule has 1 unspecified atom stereocenters. The number of ether oxygens (including phenoxy) is 1. The molecule has 8 heteroatoms. The molecule has 0 aliphatic carbocycles. The number of nitrogens with one attached hydrogen (secondary N) is 2. The zero-order valence-electron chi connectivity index (χ0n) is 13.7. The van der Waals surface area contributed by atoms with Gasteiger partial charge in [0.2, 0.25) is 5.91 Å². The minimum atomic E-state index is -0.218. The van der Waals surface area contributed by atoms with Crippen LogP contribution in [0.4, 0.5) is 0 Å². The van der Waals surface area contributed by atoms with Gasteiger partial charge in [0.1, 0.15) is 5.69 Å². The van der Waals surface area contributed by atoms with Crippen LogP contribution in [0.3, 0.4) is 0 Å². The summed E-state index contributed by atoms with van der Waals surface area (Å²) in [6.07, 6.45) is 2.50. The molecule has 2 aromatic rings. The molecule has 2 aromatic heterocycles. The van der Waals surface area contributed by atoms with E-state index in [2.05, 4.69) is 10.3 Å². The highest BCUT2D eigenvalue weighted by Gasteiger charge is 2.24. The number of aromatic amines is 1. The SMILES string of the molecule is O=C(Cc1cccs1)NCC1CN(C(=O)c2cc(Cl)c[nH]2)CCCO1. The van der Waals surface area contributed by atoms with Crippen LogP contribution in [0, 0.1) is 0 Å². The van der Waals surface area contributed by atoms with Gasteiger partial charge in [-0.1, -0.05) is 17.7 Å². The van der Waals surface area contributed by atoms with Gasteiger partial charge >= 0.3 is 0 Å². The van der Waals surface area contributed by atoms with Gasteiger partial charge in [-0.05, 0) is 23.9 Å². The second-order valence-electron chi connectivity index (χ2n) is 5.89. The molecule has 2 N–H and O–H groups in total. The maximum absolute atomic E-state index is 12.6. The van der Waals surface area contributed by atoms with Crippen molar-refractivity contribution in [3.63, 3.8) is 0 Å². The number of aromatic nitrogens is 1. The number of carbonyl (C=O) groups is 2. The highest BCUT2D eigenvalue weighted by molar-refractivity contribution is 7.10. The fraction of sp³-hybridized carbons (Fsp3) is 0.412. The van der Waals surface area contributed by atoms with Crippen molar-refractivity contribution < 1.29 is 14.3 Å². The number of hydrogen-bond donors (Lipinski definition) is 2. The number of H-pyrrole nitrogens is 1. The van der Waals surface area contributed by atoms with E-state index in [1.54, 1.807) is 28.5 Å². The lowest BCUT2D eigenvalue weighted by atomic mass is 10.2. The van der Waals surface area contributed by atoms with Gasteiger partial charge in [-0.2, -0.15) is 0 Å². The molecule has 25 heavy (non-hydrogen) atoms. The summed E-state index contributed by atoms with van der Waals surface area (Å²) in [7, 11) is 0. The molecule has 1 aliphatic rings. The number of nitrogens with zero attached hydrogens (tertiary/aromatic N) is 1. The normalized spacial score (nSPS) is 18.0. The van der Waals surface area contributed by atoms with Crippen molar-refractivity contribution >= 4 is 34.8 Å². The average molecular weight is 382 g/mol. The van der Waals surface area contributed by atoms with Gasteiger partial charge in [0, 0.05) is 37.3 Å². The molecule has 6 nitrogen and oxygen atoms in total. The van der Waals surface area contributed by atoms with E-state index in [9.17, 15) is 9.59 Å². The van der Waals surface area contributed by atoms with E-state index < -0.39 is 0 Å². The van der Waals surface area contributed by atoms with E-state index >= 15 is 0 Å². The molecule has 134 valence electrons. The van der Waals surface area contributed by atoms with Crippen LogP contribution in [-0.2, 0) is 16.0 Å². The minimum absolute atomic E-state index is 0.0377. The van der Waals surface area contributed by atoms with Crippen LogP contribution in [0.15, 0.2) is 29.8 Å². The molecule has 0 radical (unpaired) electrons. The van der Waals surface area contributed by atoms with Gasteiger partial charge in [0.15, 0.2) is 0 Å². The predicted molar refractivity (Wildman–Crippen MR) is 97.1 cm³/mol. The van der Waals surface area contributed by atoms with Crippen LogP contribution in [0.2, 0.25) is 5.02 Å². The molecule has 1 fully saturated rings. The van der Waals surface area contributed by atoms with E-state index in [1.807, 2.05) is 17.5 Å². The Bertz CT molecular complexity index is 717. The Kier molecular flexibility index (Phi) is 6.12. The monoisotopic (exact) mass is 381 g/mol. The molecule has 0 spiro atoms. The highest BCUT2D eigenvalue weighted by atomic mass is 35.5. The van der Waals surface area contributed by atoms with Gasteiger partial charge in [-0.25, -0.2) is 0 Å². The lowest BCUT2D eigenvalue weighted by Gasteiger charge is -2.23. The standard InChI is InChI=1S/C17H20ClN3O3S/c18-12-7-15(19-9-12)17(23)21-4-2-5-24-13(11-21)10-20-16(22)8-14-3-1-6-25-14/h1,3,6-7,9,13,19H,2,4-5,8,10-11H2,(H,20,22). The predicted octanol–water partition coefficient (Wildman–Crippen LogP) is 2.32. The summed E-state index contributed by atoms with van der Waals surface area (Å²) in [6.45, 7) is 2.02. The fourth-order valence-corrected chi connectivity index (χ4v) is 3.59. The molecule has 0 saturated carbocycles. The molecular formula is C17H20ClN3O3S. The fourth-order valence-electron chi connectivity index (χ4n) is 2.73. The summed E-state index contributed by atoms with van der Waals surface area (Å²) < 4.78 is 5.77. The largest absolute Gasteiger partial charge is 0.374 e. The number of hydrogen-bond acceptors (Lipinski definition) is 4. The minimum Gasteiger partial charge on any atom is -0.374 e. The highest BCUT2D eigenvalue weighted by Crippen LogP contribution is 2.14. The maximum Gasteiger partial charge on any atom is 0.270 e. The van der Waals surface area contributed by atoms with Crippen molar-refractivity contribution in [1.29, 1.82) is 0 Å². The number of carbonyl (C=O) groups excluding carboxylic acids is 2. The van der Waals surface area contributed by atoms with Crippen molar-refractivity contribution in [3.05, 3.63) is 45.4 Å². The lowest BCUT2D eigenvalue weighted by Crippen LogP contribution is -2.42. The summed E-state index contributed by atoms with van der Waals surface area (Å²) in [6, 6.07) is 5.49. The van der Waals surface area contributed by atoms with Crippen LogP contribution in [-0.4, -0.2) is 54.0 Å². The Labute approximate surface area is 155 Å². The zero-order valence-corrected chi connectivity index (χ0v) is 15.2. The molecule has 1 atom stereocenters. The first-order chi connectivity index (χ1) is 12.1. The molecule has 0 bridgehead atoms. The van der Waals surface area contributed by atoms with Gasteiger partial charge < -0.3 is 19.9 Å². The Balaban J connectivity index is 1.52. The third-order valence-electron chi connectivity index (χ3n) is 3.96. The van der Waals surface area contributed by atoms with E-state index in [0.717, 1.165) is 11.3 Å². The van der Waals surface area contributed by atoms with E-state index in [0.29, 0.717) is 43.4 Å². The third kappa shape index (κ3) is 5.07. The molecule has 3 heterocycles. The Morgan fingerprint density at radius 2 is 2.36 bits per heavy atom. The first-order valence-electron chi connectivity index (χ1n) is 8.15. The topological polar surface area (TPSA) is 74.4 Å². The number of thiophene rings is 1. The molecule has 1 aliphatic heterocycles. The van der Waals surface area contributed by atoms with Crippen LogP contribution < -0.4 is 5.32 Å². The van der Waals surface area contributed by atoms with Crippen molar-refractivity contribution in [2.45, 2.75) is 18.9 Å². The third-order valence-corrected chi connectivity index (χ3v) is 5.05. The number of amides is 2. The Morgan fingerprint density at radius 1 is 1.48 bits per heavy atom. The summed E-state index contributed by atoms with van der Waals surface area (Å²) in [5.41, 5.74) is 0.465. The van der Waals surface area contributed by atoms with Crippen molar-refractivity contribution in [2.24, 2.45) is 0 Å². The van der Waals surface area contributed by atoms with E-state index in [-0.39, 0.29) is 17.9 Å². The van der Waals surface area contributed by atoms with Crippen LogP contribution in [0.25, 0.3) is 0 Å². The van der Waals surface area contributed by atoms with E-state index in [4.69, 9.17) is 16.3 Å². The zero-order chi connectivity index (χ0) is 17.6. The van der Waals surface area contributed by atoms with Crippen molar-refractivity contribution in [2.75, 3.05) is 26.2 Å². The Morgan fingerprint density at radius 3 is 3.08 bits per heavy atom. The first kappa shape index (κ1) is 18.0. The average Bonchev–Trinajstić information content (AvgIpc) is 3.19. The summed E-state index contributed by atoms with van der Waals surface area (Å²) in [5, 5.41) is 5.36. The molecule has 3 rings (SSSR count). The maximum atomic E-state index is 12.6. The van der Waals surface area contributed by atoms with Gasteiger partial charge in [-0.3, -0.25) is 9.59 Å². The van der Waals surface area contributed by atoms with Crippen molar-refractivity contribution in [3.8, 4) is 0 Å². The first-order valence-corrected chi connectivity index (χ1v) is 9.41. The molecule has 0 aromatic carbocycles. The second kappa shape index (κ2) is 8.51. The van der Waals surface area contributed by atoms with Gasteiger partial charge in [-0.15, -0.1) is 11.3 Å².